The van der Waals surface area contributed by atoms with Gasteiger partial charge in [0.1, 0.15) is 17.2 Å². The Morgan fingerprint density at radius 3 is 2.86 bits per heavy atom. The molecule has 22 heavy (non-hydrogen) atoms. The van der Waals surface area contributed by atoms with E-state index in [9.17, 15) is 9.59 Å². The highest BCUT2D eigenvalue weighted by Crippen LogP contribution is 2.33. The number of hydrogen-bond acceptors (Lipinski definition) is 5. The van der Waals surface area contributed by atoms with Gasteiger partial charge in [0.15, 0.2) is 0 Å². The number of aliphatic carboxylic acids is 1. The molecule has 0 aromatic carbocycles. The van der Waals surface area contributed by atoms with E-state index in [2.05, 4.69) is 4.98 Å². The Morgan fingerprint density at radius 2 is 2.23 bits per heavy atom. The fourth-order valence-electron chi connectivity index (χ4n) is 2.39. The maximum Gasteiger partial charge on any atom is 0.323 e. The molecule has 3 heterocycles. The molecule has 0 fully saturated rings. The molecule has 7 heteroatoms. The third kappa shape index (κ3) is 2.57. The van der Waals surface area contributed by atoms with Gasteiger partial charge in [0.25, 0.3) is 5.56 Å². The van der Waals surface area contributed by atoms with Gasteiger partial charge in [-0.05, 0) is 17.9 Å². The first-order valence-corrected chi connectivity index (χ1v) is 8.64. The van der Waals surface area contributed by atoms with E-state index in [1.807, 2.05) is 29.8 Å². The van der Waals surface area contributed by atoms with E-state index in [-0.39, 0.29) is 12.1 Å². The molecule has 114 valence electrons. The van der Waals surface area contributed by atoms with Crippen molar-refractivity contribution in [3.05, 3.63) is 39.1 Å². The van der Waals surface area contributed by atoms with Gasteiger partial charge < -0.3 is 5.11 Å². The van der Waals surface area contributed by atoms with Crippen molar-refractivity contribution >= 4 is 38.9 Å². The zero-order valence-corrected chi connectivity index (χ0v) is 13.5. The SMILES string of the molecule is CCCc1nc2scc(-c3cccs3)c2c(=O)n1CC(=O)O. The van der Waals surface area contributed by atoms with Gasteiger partial charge in [-0.25, -0.2) is 4.98 Å². The van der Waals surface area contributed by atoms with Crippen LogP contribution in [0.5, 0.6) is 0 Å². The van der Waals surface area contributed by atoms with E-state index in [0.717, 1.165) is 16.9 Å². The number of hydrogen-bond donors (Lipinski definition) is 1. The zero-order valence-electron chi connectivity index (χ0n) is 11.9. The van der Waals surface area contributed by atoms with Gasteiger partial charge in [0, 0.05) is 22.2 Å². The smallest absolute Gasteiger partial charge is 0.323 e. The molecule has 0 amide bonds. The average molecular weight is 334 g/mol. The summed E-state index contributed by atoms with van der Waals surface area (Å²) in [6.07, 6.45) is 1.39. The van der Waals surface area contributed by atoms with Gasteiger partial charge in [0.05, 0.1) is 5.39 Å². The second kappa shape index (κ2) is 6.02. The van der Waals surface area contributed by atoms with E-state index in [1.54, 1.807) is 11.3 Å². The molecule has 0 saturated carbocycles. The minimum atomic E-state index is -1.03. The quantitative estimate of drug-likeness (QED) is 0.777. The summed E-state index contributed by atoms with van der Waals surface area (Å²) >= 11 is 2.98. The summed E-state index contributed by atoms with van der Waals surface area (Å²) < 4.78 is 1.29. The first-order chi connectivity index (χ1) is 10.6. The van der Waals surface area contributed by atoms with Crippen LogP contribution in [0.4, 0.5) is 0 Å². The van der Waals surface area contributed by atoms with Crippen LogP contribution in [-0.2, 0) is 17.8 Å². The summed E-state index contributed by atoms with van der Waals surface area (Å²) in [6.45, 7) is 1.63. The molecule has 3 aromatic rings. The van der Waals surface area contributed by atoms with Crippen LogP contribution in [0.25, 0.3) is 20.7 Å². The Morgan fingerprint density at radius 1 is 1.41 bits per heavy atom. The van der Waals surface area contributed by atoms with Crippen molar-refractivity contribution in [2.75, 3.05) is 0 Å². The molecule has 3 aromatic heterocycles. The van der Waals surface area contributed by atoms with Gasteiger partial charge in [0.2, 0.25) is 0 Å². The molecule has 0 aliphatic heterocycles. The molecule has 0 spiro atoms. The van der Waals surface area contributed by atoms with E-state index < -0.39 is 5.97 Å². The predicted molar refractivity (Wildman–Crippen MR) is 88.8 cm³/mol. The minimum Gasteiger partial charge on any atom is -0.480 e. The standard InChI is InChI=1S/C15H14N2O3S2/c1-2-4-11-16-14-13(15(20)17(11)7-12(18)19)9(8-22-14)10-5-3-6-21-10/h3,5-6,8H,2,4,7H2,1H3,(H,18,19). The Kier molecular flexibility index (Phi) is 4.08. The minimum absolute atomic E-state index is 0.263. The van der Waals surface area contributed by atoms with Crippen LogP contribution < -0.4 is 5.56 Å². The number of rotatable bonds is 5. The van der Waals surface area contributed by atoms with Crippen molar-refractivity contribution in [1.82, 2.24) is 9.55 Å². The molecule has 0 unspecified atom stereocenters. The number of carbonyl (C=O) groups is 1. The first kappa shape index (κ1) is 14.9. The molecule has 0 bridgehead atoms. The number of carboxylic acid groups (broad SMARTS) is 1. The fraction of sp³-hybridized carbons (Fsp3) is 0.267. The second-order valence-corrected chi connectivity index (χ2v) is 6.68. The third-order valence-corrected chi connectivity index (χ3v) is 5.10. The highest BCUT2D eigenvalue weighted by atomic mass is 32.1. The molecular weight excluding hydrogens is 320 g/mol. The van der Waals surface area contributed by atoms with Gasteiger partial charge in [-0.1, -0.05) is 13.0 Å². The van der Waals surface area contributed by atoms with Crippen LogP contribution in [0.1, 0.15) is 19.2 Å². The number of aromatic nitrogens is 2. The molecule has 0 saturated heterocycles. The maximum absolute atomic E-state index is 12.8. The Balaban J connectivity index is 2.28. The highest BCUT2D eigenvalue weighted by molar-refractivity contribution is 7.18. The molecule has 1 N–H and O–H groups in total. The predicted octanol–water partition coefficient (Wildman–Crippen LogP) is 3.22. The molecule has 0 aliphatic carbocycles. The molecule has 0 aliphatic rings. The number of carboxylic acids is 1. The molecule has 3 rings (SSSR count). The van der Waals surface area contributed by atoms with E-state index in [1.165, 1.54) is 15.9 Å². The van der Waals surface area contributed by atoms with Crippen LogP contribution in [0.15, 0.2) is 27.7 Å². The van der Waals surface area contributed by atoms with Crippen molar-refractivity contribution in [2.24, 2.45) is 0 Å². The lowest BCUT2D eigenvalue weighted by atomic mass is 10.2. The van der Waals surface area contributed by atoms with Crippen molar-refractivity contribution in [2.45, 2.75) is 26.3 Å². The monoisotopic (exact) mass is 334 g/mol. The van der Waals surface area contributed by atoms with Gasteiger partial charge in [-0.2, -0.15) is 0 Å². The van der Waals surface area contributed by atoms with Crippen LogP contribution in [0.3, 0.4) is 0 Å². The van der Waals surface area contributed by atoms with Gasteiger partial charge in [-0.15, -0.1) is 22.7 Å². The number of nitrogens with zero attached hydrogens (tertiary/aromatic N) is 2. The summed E-state index contributed by atoms with van der Waals surface area (Å²) in [4.78, 5) is 30.1. The summed E-state index contributed by atoms with van der Waals surface area (Å²) in [7, 11) is 0. The van der Waals surface area contributed by atoms with Crippen molar-refractivity contribution < 1.29 is 9.90 Å². The van der Waals surface area contributed by atoms with Gasteiger partial charge in [-0.3, -0.25) is 14.2 Å². The van der Waals surface area contributed by atoms with Gasteiger partial charge >= 0.3 is 5.97 Å². The van der Waals surface area contributed by atoms with Crippen molar-refractivity contribution in [1.29, 1.82) is 0 Å². The second-order valence-electron chi connectivity index (χ2n) is 4.87. The lowest BCUT2D eigenvalue weighted by molar-refractivity contribution is -0.137. The van der Waals surface area contributed by atoms with Crippen molar-refractivity contribution in [3.63, 3.8) is 0 Å². The topological polar surface area (TPSA) is 72.2 Å². The summed E-state index contributed by atoms with van der Waals surface area (Å²) in [5, 5.41) is 13.5. The fourth-order valence-corrected chi connectivity index (χ4v) is 4.16. The molecular formula is C15H14N2O3S2. The number of aryl methyl sites for hydroxylation is 1. The zero-order chi connectivity index (χ0) is 15.7. The first-order valence-electron chi connectivity index (χ1n) is 6.88. The molecule has 0 atom stereocenters. The lowest BCUT2D eigenvalue weighted by Crippen LogP contribution is -2.28. The third-order valence-electron chi connectivity index (χ3n) is 3.33. The maximum atomic E-state index is 12.8. The summed E-state index contributed by atoms with van der Waals surface area (Å²) in [6, 6.07) is 3.88. The van der Waals surface area contributed by atoms with Crippen LogP contribution in [-0.4, -0.2) is 20.6 Å². The Hall–Kier alpha value is -1.99. The average Bonchev–Trinajstić information content (AvgIpc) is 3.11. The normalized spacial score (nSPS) is 11.1. The summed E-state index contributed by atoms with van der Waals surface area (Å²) in [5.74, 6) is -0.490. The highest BCUT2D eigenvalue weighted by Gasteiger charge is 2.18. The van der Waals surface area contributed by atoms with Crippen LogP contribution in [0.2, 0.25) is 0 Å². The van der Waals surface area contributed by atoms with Crippen molar-refractivity contribution in [3.8, 4) is 10.4 Å². The van der Waals surface area contributed by atoms with E-state index in [4.69, 9.17) is 5.11 Å². The number of fused-ring (bicyclic) bond motifs is 1. The van der Waals surface area contributed by atoms with Crippen LogP contribution in [0, 0.1) is 0 Å². The van der Waals surface area contributed by atoms with E-state index in [0.29, 0.717) is 22.5 Å². The molecule has 5 nitrogen and oxygen atoms in total. The summed E-state index contributed by atoms with van der Waals surface area (Å²) in [5.41, 5.74) is 0.579. The number of thiophene rings is 2. The largest absolute Gasteiger partial charge is 0.480 e. The Bertz CT molecular complexity index is 878. The Labute approximate surface area is 134 Å². The van der Waals surface area contributed by atoms with E-state index >= 15 is 0 Å². The lowest BCUT2D eigenvalue weighted by Gasteiger charge is -2.10. The molecule has 0 radical (unpaired) electrons. The van der Waals surface area contributed by atoms with Crippen LogP contribution >= 0.6 is 22.7 Å².